The van der Waals surface area contributed by atoms with Crippen LogP contribution in [0.5, 0.6) is 0 Å². The molecular formula is C28H29Cl2FN4O. The lowest BCUT2D eigenvalue weighted by Crippen LogP contribution is -2.33. The van der Waals surface area contributed by atoms with Gasteiger partial charge in [-0.05, 0) is 61.1 Å². The van der Waals surface area contributed by atoms with E-state index in [1.165, 1.54) is 25.0 Å². The van der Waals surface area contributed by atoms with Crippen LogP contribution in [-0.2, 0) is 12.0 Å². The number of benzene rings is 2. The van der Waals surface area contributed by atoms with Crippen molar-refractivity contribution in [3.8, 4) is 0 Å². The molecule has 1 aromatic heterocycles. The lowest BCUT2D eigenvalue weighted by atomic mass is 9.74. The molecule has 2 fully saturated rings. The third-order valence-electron chi connectivity index (χ3n) is 7.47. The van der Waals surface area contributed by atoms with Crippen molar-refractivity contribution in [3.05, 3.63) is 86.9 Å². The standard InChI is InChI=1S/C28H29Cl2FN4O/c29-23-12-7-18(15-24(23)30)16-32-26(36)22-17-33-27(34-21-5-1-2-6-21)35-25(22)28(13-3-4-14-28)19-8-10-20(31)11-9-19/h7-12,15,17,21H,1-6,13-14,16H2,(H,32,36)(H,33,34,35). The zero-order valence-corrected chi connectivity index (χ0v) is 21.5. The Balaban J connectivity index is 1.50. The number of halogens is 3. The molecule has 5 rings (SSSR count). The molecule has 5 nitrogen and oxygen atoms in total. The van der Waals surface area contributed by atoms with Crippen molar-refractivity contribution in [3.63, 3.8) is 0 Å². The average molecular weight is 527 g/mol. The Morgan fingerprint density at radius 2 is 1.72 bits per heavy atom. The molecule has 0 bridgehead atoms. The average Bonchev–Trinajstić information content (AvgIpc) is 3.58. The highest BCUT2D eigenvalue weighted by Gasteiger charge is 2.42. The van der Waals surface area contributed by atoms with Gasteiger partial charge in [0, 0.05) is 24.2 Å². The van der Waals surface area contributed by atoms with Crippen LogP contribution in [0.4, 0.5) is 10.3 Å². The number of rotatable bonds is 7. The summed E-state index contributed by atoms with van der Waals surface area (Å²) in [6.45, 7) is 0.292. The van der Waals surface area contributed by atoms with E-state index in [2.05, 4.69) is 15.6 Å². The fourth-order valence-electron chi connectivity index (χ4n) is 5.57. The first-order valence-electron chi connectivity index (χ1n) is 12.6. The van der Waals surface area contributed by atoms with Gasteiger partial charge in [0.1, 0.15) is 5.82 Å². The van der Waals surface area contributed by atoms with Gasteiger partial charge in [0.2, 0.25) is 5.95 Å². The molecule has 2 aliphatic carbocycles. The molecule has 0 unspecified atom stereocenters. The molecule has 0 radical (unpaired) electrons. The van der Waals surface area contributed by atoms with E-state index in [-0.39, 0.29) is 11.7 Å². The Hall–Kier alpha value is -2.70. The summed E-state index contributed by atoms with van der Waals surface area (Å²) in [7, 11) is 0. The maximum absolute atomic E-state index is 13.8. The summed E-state index contributed by atoms with van der Waals surface area (Å²) < 4.78 is 13.8. The molecule has 188 valence electrons. The van der Waals surface area contributed by atoms with Crippen molar-refractivity contribution in [1.82, 2.24) is 15.3 Å². The first-order chi connectivity index (χ1) is 17.4. The van der Waals surface area contributed by atoms with Crippen molar-refractivity contribution in [1.29, 1.82) is 0 Å². The molecule has 2 aromatic carbocycles. The van der Waals surface area contributed by atoms with Gasteiger partial charge in [0.15, 0.2) is 0 Å². The lowest BCUT2D eigenvalue weighted by molar-refractivity contribution is 0.0947. The molecule has 0 atom stereocenters. The van der Waals surface area contributed by atoms with Gasteiger partial charge in [0.05, 0.1) is 21.3 Å². The summed E-state index contributed by atoms with van der Waals surface area (Å²) in [6, 6.07) is 12.2. The number of anilines is 1. The number of aromatic nitrogens is 2. The smallest absolute Gasteiger partial charge is 0.255 e. The molecule has 2 aliphatic rings. The number of nitrogens with one attached hydrogen (secondary N) is 2. The Bertz CT molecular complexity index is 1240. The van der Waals surface area contributed by atoms with Crippen molar-refractivity contribution in [2.75, 3.05) is 5.32 Å². The molecule has 8 heteroatoms. The van der Waals surface area contributed by atoms with Gasteiger partial charge in [-0.1, -0.05) is 67.1 Å². The molecule has 1 amide bonds. The monoisotopic (exact) mass is 526 g/mol. The van der Waals surface area contributed by atoms with Gasteiger partial charge in [-0.15, -0.1) is 0 Å². The first kappa shape index (κ1) is 25.0. The van der Waals surface area contributed by atoms with Gasteiger partial charge in [-0.2, -0.15) is 0 Å². The predicted octanol–water partition coefficient (Wildman–Crippen LogP) is 7.07. The molecule has 0 aliphatic heterocycles. The van der Waals surface area contributed by atoms with E-state index in [1.54, 1.807) is 18.3 Å². The summed E-state index contributed by atoms with van der Waals surface area (Å²) >= 11 is 12.2. The van der Waals surface area contributed by atoms with Crippen molar-refractivity contribution < 1.29 is 9.18 Å². The Kier molecular flexibility index (Phi) is 7.44. The van der Waals surface area contributed by atoms with Crippen LogP contribution in [0.15, 0.2) is 48.7 Å². The zero-order valence-electron chi connectivity index (χ0n) is 20.0. The first-order valence-corrected chi connectivity index (χ1v) is 13.3. The quantitative estimate of drug-likeness (QED) is 0.345. The topological polar surface area (TPSA) is 66.9 Å². The maximum atomic E-state index is 13.8. The van der Waals surface area contributed by atoms with Crippen molar-refractivity contribution >= 4 is 35.1 Å². The molecule has 3 aromatic rings. The number of hydrogen-bond donors (Lipinski definition) is 2. The predicted molar refractivity (Wildman–Crippen MR) is 141 cm³/mol. The van der Waals surface area contributed by atoms with Crippen LogP contribution >= 0.6 is 23.2 Å². The zero-order chi connectivity index (χ0) is 25.1. The second-order valence-corrected chi connectivity index (χ2v) is 10.6. The maximum Gasteiger partial charge on any atom is 0.255 e. The molecule has 1 heterocycles. The third kappa shape index (κ3) is 5.21. The summed E-state index contributed by atoms with van der Waals surface area (Å²) in [6.07, 6.45) is 9.90. The molecule has 2 N–H and O–H groups in total. The minimum atomic E-state index is -0.473. The fraction of sp³-hybridized carbons (Fsp3) is 0.393. The number of carbonyl (C=O) groups is 1. The van der Waals surface area contributed by atoms with Crippen LogP contribution < -0.4 is 10.6 Å². The minimum absolute atomic E-state index is 0.253. The Morgan fingerprint density at radius 3 is 2.42 bits per heavy atom. The lowest BCUT2D eigenvalue weighted by Gasteiger charge is -2.31. The van der Waals surface area contributed by atoms with Crippen molar-refractivity contribution in [2.45, 2.75) is 69.4 Å². The summed E-state index contributed by atoms with van der Waals surface area (Å²) in [4.78, 5) is 23.0. The summed E-state index contributed by atoms with van der Waals surface area (Å²) in [5.41, 5.74) is 2.49. The van der Waals surface area contributed by atoms with E-state index in [4.69, 9.17) is 28.2 Å². The normalized spacial score (nSPS) is 17.3. The van der Waals surface area contributed by atoms with Crippen LogP contribution in [0.25, 0.3) is 0 Å². The molecule has 0 saturated heterocycles. The highest BCUT2D eigenvalue weighted by atomic mass is 35.5. The SMILES string of the molecule is O=C(NCc1ccc(Cl)c(Cl)c1)c1cnc(NC2CCCC2)nc1C1(c2ccc(F)cc2)CCCC1. The largest absolute Gasteiger partial charge is 0.351 e. The second-order valence-electron chi connectivity index (χ2n) is 9.81. The number of amides is 1. The van der Waals surface area contributed by atoms with Crippen molar-refractivity contribution in [2.24, 2.45) is 0 Å². The van der Waals surface area contributed by atoms with Gasteiger partial charge >= 0.3 is 0 Å². The van der Waals surface area contributed by atoms with E-state index in [0.29, 0.717) is 39.8 Å². The molecular weight excluding hydrogens is 498 g/mol. The van der Waals surface area contributed by atoms with Crippen LogP contribution in [0.1, 0.15) is 78.5 Å². The number of hydrogen-bond acceptors (Lipinski definition) is 4. The molecule has 2 saturated carbocycles. The van der Waals surface area contributed by atoms with E-state index in [0.717, 1.165) is 49.7 Å². The highest BCUT2D eigenvalue weighted by Crippen LogP contribution is 2.47. The minimum Gasteiger partial charge on any atom is -0.351 e. The van der Waals surface area contributed by atoms with Gasteiger partial charge in [-0.25, -0.2) is 14.4 Å². The number of carbonyl (C=O) groups excluding carboxylic acids is 1. The highest BCUT2D eigenvalue weighted by molar-refractivity contribution is 6.42. The Morgan fingerprint density at radius 1 is 1.00 bits per heavy atom. The van der Waals surface area contributed by atoms with E-state index in [9.17, 15) is 9.18 Å². The summed E-state index contributed by atoms with van der Waals surface area (Å²) in [5.74, 6) is 0.0148. The third-order valence-corrected chi connectivity index (χ3v) is 8.21. The van der Waals surface area contributed by atoms with Gasteiger partial charge in [0.25, 0.3) is 5.91 Å². The summed E-state index contributed by atoms with van der Waals surface area (Å²) in [5, 5.41) is 7.38. The fourth-order valence-corrected chi connectivity index (χ4v) is 5.89. The molecule has 0 spiro atoms. The van der Waals surface area contributed by atoms with E-state index < -0.39 is 5.41 Å². The number of nitrogens with zero attached hydrogens (tertiary/aromatic N) is 2. The van der Waals surface area contributed by atoms with E-state index in [1.807, 2.05) is 18.2 Å². The van der Waals surface area contributed by atoms with Gasteiger partial charge < -0.3 is 10.6 Å². The van der Waals surface area contributed by atoms with Gasteiger partial charge in [-0.3, -0.25) is 4.79 Å². The van der Waals surface area contributed by atoms with Crippen LogP contribution in [-0.4, -0.2) is 21.9 Å². The second kappa shape index (κ2) is 10.7. The van der Waals surface area contributed by atoms with Crippen LogP contribution in [0.3, 0.4) is 0 Å². The molecule has 36 heavy (non-hydrogen) atoms. The van der Waals surface area contributed by atoms with Crippen LogP contribution in [0, 0.1) is 5.82 Å². The Labute approximate surface area is 220 Å². The van der Waals surface area contributed by atoms with E-state index >= 15 is 0 Å². The van der Waals surface area contributed by atoms with Crippen LogP contribution in [0.2, 0.25) is 10.0 Å².